The van der Waals surface area contributed by atoms with Crippen molar-refractivity contribution in [2.75, 3.05) is 40.8 Å². The number of likely N-dealkylation sites (N-methyl/N-ethyl adjacent to an activating group) is 2. The Bertz CT molecular complexity index is 397. The van der Waals surface area contributed by atoms with E-state index in [0.29, 0.717) is 6.04 Å². The van der Waals surface area contributed by atoms with Crippen LogP contribution in [-0.2, 0) is 0 Å². The standard InChI is InChI=1S/C13H19ClN2O/c1-15-6-7-16(2)13(9-15)11-5-4-10(17-3)8-12(11)14/h4-5,8,13H,6-7,9H2,1-3H3. The van der Waals surface area contributed by atoms with Crippen LogP contribution in [0.5, 0.6) is 5.75 Å². The largest absolute Gasteiger partial charge is 0.497 e. The van der Waals surface area contributed by atoms with Crippen LogP contribution in [0.15, 0.2) is 18.2 Å². The molecule has 0 aliphatic carbocycles. The molecule has 1 atom stereocenters. The van der Waals surface area contributed by atoms with E-state index >= 15 is 0 Å². The lowest BCUT2D eigenvalue weighted by molar-refractivity contribution is 0.115. The van der Waals surface area contributed by atoms with E-state index < -0.39 is 0 Å². The molecule has 1 aromatic rings. The maximum Gasteiger partial charge on any atom is 0.120 e. The summed E-state index contributed by atoms with van der Waals surface area (Å²) in [4.78, 5) is 4.69. The Morgan fingerprint density at radius 3 is 2.71 bits per heavy atom. The summed E-state index contributed by atoms with van der Waals surface area (Å²) in [6.45, 7) is 3.20. The van der Waals surface area contributed by atoms with Crippen LogP contribution in [-0.4, -0.2) is 50.6 Å². The first-order valence-electron chi connectivity index (χ1n) is 5.84. The highest BCUT2D eigenvalue weighted by atomic mass is 35.5. The van der Waals surface area contributed by atoms with Crippen LogP contribution in [0, 0.1) is 0 Å². The van der Waals surface area contributed by atoms with Crippen molar-refractivity contribution in [1.82, 2.24) is 9.80 Å². The summed E-state index contributed by atoms with van der Waals surface area (Å²) < 4.78 is 5.18. The van der Waals surface area contributed by atoms with Gasteiger partial charge in [-0.1, -0.05) is 17.7 Å². The molecule has 0 spiro atoms. The Morgan fingerprint density at radius 1 is 1.29 bits per heavy atom. The van der Waals surface area contributed by atoms with Crippen LogP contribution in [0.1, 0.15) is 11.6 Å². The molecule has 1 fully saturated rings. The Hall–Kier alpha value is -0.770. The molecule has 2 rings (SSSR count). The smallest absolute Gasteiger partial charge is 0.120 e. The second kappa shape index (κ2) is 5.25. The highest BCUT2D eigenvalue weighted by Crippen LogP contribution is 2.31. The SMILES string of the molecule is COc1ccc(C2CN(C)CCN2C)c(Cl)c1. The second-order valence-corrected chi connectivity index (χ2v) is 5.05. The summed E-state index contributed by atoms with van der Waals surface area (Å²) in [5, 5.41) is 0.788. The van der Waals surface area contributed by atoms with Gasteiger partial charge in [0.25, 0.3) is 0 Å². The summed E-state index contributed by atoms with van der Waals surface area (Å²) in [5.74, 6) is 0.811. The number of hydrogen-bond donors (Lipinski definition) is 0. The fourth-order valence-electron chi connectivity index (χ4n) is 2.25. The summed E-state index contributed by atoms with van der Waals surface area (Å²) >= 11 is 6.33. The Morgan fingerprint density at radius 2 is 2.06 bits per heavy atom. The Kier molecular flexibility index (Phi) is 3.92. The van der Waals surface area contributed by atoms with Gasteiger partial charge in [-0.2, -0.15) is 0 Å². The molecule has 0 bridgehead atoms. The molecule has 1 unspecified atom stereocenters. The van der Waals surface area contributed by atoms with E-state index in [4.69, 9.17) is 16.3 Å². The third-order valence-electron chi connectivity index (χ3n) is 3.42. The van der Waals surface area contributed by atoms with Crippen molar-refractivity contribution in [1.29, 1.82) is 0 Å². The number of halogens is 1. The molecule has 1 aliphatic rings. The van der Waals surface area contributed by atoms with Crippen molar-refractivity contribution < 1.29 is 4.74 Å². The highest BCUT2D eigenvalue weighted by Gasteiger charge is 2.25. The number of nitrogens with zero attached hydrogens (tertiary/aromatic N) is 2. The quantitative estimate of drug-likeness (QED) is 0.805. The van der Waals surface area contributed by atoms with Gasteiger partial charge in [-0.25, -0.2) is 0 Å². The van der Waals surface area contributed by atoms with E-state index in [9.17, 15) is 0 Å². The highest BCUT2D eigenvalue weighted by molar-refractivity contribution is 6.31. The maximum absolute atomic E-state index is 6.33. The fraction of sp³-hybridized carbons (Fsp3) is 0.538. The molecule has 0 radical (unpaired) electrons. The van der Waals surface area contributed by atoms with E-state index in [1.54, 1.807) is 7.11 Å². The van der Waals surface area contributed by atoms with Gasteiger partial charge in [-0.05, 0) is 31.8 Å². The molecule has 0 amide bonds. The van der Waals surface area contributed by atoms with E-state index in [2.05, 4.69) is 30.0 Å². The van der Waals surface area contributed by atoms with Crippen LogP contribution in [0.2, 0.25) is 5.02 Å². The van der Waals surface area contributed by atoms with Crippen LogP contribution in [0.3, 0.4) is 0 Å². The Balaban J connectivity index is 2.26. The molecule has 0 saturated carbocycles. The van der Waals surface area contributed by atoms with E-state index in [1.807, 2.05) is 12.1 Å². The molecule has 17 heavy (non-hydrogen) atoms. The van der Waals surface area contributed by atoms with E-state index in [0.717, 1.165) is 30.4 Å². The molecule has 1 heterocycles. The summed E-state index contributed by atoms with van der Waals surface area (Å²) in [7, 11) is 5.96. The lowest BCUT2D eigenvalue weighted by Gasteiger charge is -2.38. The van der Waals surface area contributed by atoms with Crippen molar-refractivity contribution in [3.63, 3.8) is 0 Å². The summed E-state index contributed by atoms with van der Waals surface area (Å²) in [6.07, 6.45) is 0. The number of rotatable bonds is 2. The summed E-state index contributed by atoms with van der Waals surface area (Å²) in [5.41, 5.74) is 1.18. The molecule has 1 saturated heterocycles. The van der Waals surface area contributed by atoms with Gasteiger partial charge >= 0.3 is 0 Å². The monoisotopic (exact) mass is 254 g/mol. The summed E-state index contributed by atoms with van der Waals surface area (Å²) in [6, 6.07) is 6.30. The lowest BCUT2D eigenvalue weighted by Crippen LogP contribution is -2.44. The average molecular weight is 255 g/mol. The van der Waals surface area contributed by atoms with Crippen LogP contribution in [0.4, 0.5) is 0 Å². The normalized spacial score (nSPS) is 22.7. The van der Waals surface area contributed by atoms with Gasteiger partial charge in [-0.3, -0.25) is 4.90 Å². The number of methoxy groups -OCH3 is 1. The van der Waals surface area contributed by atoms with Crippen molar-refractivity contribution in [2.45, 2.75) is 6.04 Å². The second-order valence-electron chi connectivity index (χ2n) is 4.65. The van der Waals surface area contributed by atoms with Crippen molar-refractivity contribution in [3.05, 3.63) is 28.8 Å². The average Bonchev–Trinajstić information content (AvgIpc) is 2.32. The Labute approximate surface area is 108 Å². The van der Waals surface area contributed by atoms with Gasteiger partial charge in [0.05, 0.1) is 7.11 Å². The van der Waals surface area contributed by atoms with Crippen molar-refractivity contribution >= 4 is 11.6 Å². The molecule has 3 nitrogen and oxygen atoms in total. The number of piperazine rings is 1. The van der Waals surface area contributed by atoms with Crippen LogP contribution >= 0.6 is 11.6 Å². The third kappa shape index (κ3) is 2.73. The lowest BCUT2D eigenvalue weighted by atomic mass is 10.0. The van der Waals surface area contributed by atoms with Gasteiger partial charge in [0.15, 0.2) is 0 Å². The minimum atomic E-state index is 0.368. The first-order valence-corrected chi connectivity index (χ1v) is 6.22. The van der Waals surface area contributed by atoms with Crippen molar-refractivity contribution in [2.24, 2.45) is 0 Å². The molecule has 1 aliphatic heterocycles. The fourth-order valence-corrected chi connectivity index (χ4v) is 2.55. The molecule has 94 valence electrons. The van der Waals surface area contributed by atoms with Gasteiger partial charge in [-0.15, -0.1) is 0 Å². The molecular formula is C13H19ClN2O. The van der Waals surface area contributed by atoms with Crippen LogP contribution < -0.4 is 4.74 Å². The first-order chi connectivity index (χ1) is 8.11. The first kappa shape index (κ1) is 12.7. The van der Waals surface area contributed by atoms with Gasteiger partial charge < -0.3 is 9.64 Å². The van der Waals surface area contributed by atoms with Gasteiger partial charge in [0, 0.05) is 30.7 Å². The van der Waals surface area contributed by atoms with E-state index in [1.165, 1.54) is 5.56 Å². The topological polar surface area (TPSA) is 15.7 Å². The molecular weight excluding hydrogens is 236 g/mol. The molecule has 0 aromatic heterocycles. The molecule has 4 heteroatoms. The predicted octanol–water partition coefficient (Wildman–Crippen LogP) is 2.27. The number of hydrogen-bond acceptors (Lipinski definition) is 3. The molecule has 0 N–H and O–H groups in total. The number of benzene rings is 1. The van der Waals surface area contributed by atoms with Crippen molar-refractivity contribution in [3.8, 4) is 5.75 Å². The minimum absolute atomic E-state index is 0.368. The predicted molar refractivity (Wildman–Crippen MR) is 70.9 cm³/mol. The maximum atomic E-state index is 6.33. The zero-order valence-corrected chi connectivity index (χ0v) is 11.4. The zero-order valence-electron chi connectivity index (χ0n) is 10.6. The van der Waals surface area contributed by atoms with Gasteiger partial charge in [0.1, 0.15) is 5.75 Å². The molecule has 1 aromatic carbocycles. The van der Waals surface area contributed by atoms with Crippen LogP contribution in [0.25, 0.3) is 0 Å². The number of ether oxygens (including phenoxy) is 1. The third-order valence-corrected chi connectivity index (χ3v) is 3.75. The van der Waals surface area contributed by atoms with Gasteiger partial charge in [0.2, 0.25) is 0 Å². The minimum Gasteiger partial charge on any atom is -0.497 e. The zero-order chi connectivity index (χ0) is 12.4. The van der Waals surface area contributed by atoms with E-state index in [-0.39, 0.29) is 0 Å².